The van der Waals surface area contributed by atoms with Gasteiger partial charge < -0.3 is 4.74 Å². The normalized spacial score (nSPS) is 10.0. The molecule has 2 aromatic rings. The summed E-state index contributed by atoms with van der Waals surface area (Å²) >= 11 is 9.24. The van der Waals surface area contributed by atoms with Crippen molar-refractivity contribution in [3.05, 3.63) is 63.6 Å². The van der Waals surface area contributed by atoms with E-state index in [1.54, 1.807) is 36.4 Å². The molecule has 0 aromatic heterocycles. The van der Waals surface area contributed by atoms with Gasteiger partial charge in [-0.25, -0.2) is 0 Å². The molecular weight excluding hydrogens is 384 g/mol. The van der Waals surface area contributed by atoms with Crippen molar-refractivity contribution in [1.29, 1.82) is 0 Å². The van der Waals surface area contributed by atoms with Gasteiger partial charge >= 0.3 is 0 Å². The van der Waals surface area contributed by atoms with E-state index in [4.69, 9.17) is 16.3 Å². The quantitative estimate of drug-likeness (QED) is 0.761. The van der Waals surface area contributed by atoms with Crippen molar-refractivity contribution in [2.24, 2.45) is 0 Å². The van der Waals surface area contributed by atoms with Gasteiger partial charge in [0.25, 0.3) is 5.91 Å². The largest absolute Gasteiger partial charge is 0.493 e. The maximum atomic E-state index is 11.9. The van der Waals surface area contributed by atoms with Crippen LogP contribution in [0.3, 0.4) is 0 Å². The number of benzene rings is 2. The van der Waals surface area contributed by atoms with Crippen LogP contribution in [0, 0.1) is 0 Å². The number of nitrogens with one attached hydrogen (secondary N) is 2. The Morgan fingerprint density at radius 1 is 1.09 bits per heavy atom. The molecule has 0 unspecified atom stereocenters. The number of hydrogen-bond acceptors (Lipinski definition) is 3. The van der Waals surface area contributed by atoms with Gasteiger partial charge in [-0.1, -0.05) is 45.7 Å². The molecule has 2 amide bonds. The summed E-state index contributed by atoms with van der Waals surface area (Å²) in [6.07, 6.45) is 0.106. The van der Waals surface area contributed by atoms with Gasteiger partial charge in [-0.15, -0.1) is 0 Å². The van der Waals surface area contributed by atoms with Gasteiger partial charge in [-0.05, 0) is 30.3 Å². The molecule has 0 bridgehead atoms. The number of ether oxygens (including phenoxy) is 1. The third-order valence-corrected chi connectivity index (χ3v) is 3.65. The Morgan fingerprint density at radius 2 is 1.87 bits per heavy atom. The molecule has 2 rings (SSSR count). The Balaban J connectivity index is 1.73. The Morgan fingerprint density at radius 3 is 2.61 bits per heavy atom. The first-order valence-corrected chi connectivity index (χ1v) is 7.95. The molecule has 5 nitrogen and oxygen atoms in total. The lowest BCUT2D eigenvalue weighted by atomic mass is 10.2. The molecule has 0 aliphatic rings. The molecule has 7 heteroatoms. The van der Waals surface area contributed by atoms with Gasteiger partial charge in [0.2, 0.25) is 5.91 Å². The second-order valence-corrected chi connectivity index (χ2v) is 5.86. The van der Waals surface area contributed by atoms with Crippen LogP contribution in [0.2, 0.25) is 5.02 Å². The first-order chi connectivity index (χ1) is 11.1. The molecule has 0 fully saturated rings. The summed E-state index contributed by atoms with van der Waals surface area (Å²) < 4.78 is 6.34. The molecule has 0 saturated heterocycles. The van der Waals surface area contributed by atoms with Crippen molar-refractivity contribution < 1.29 is 14.3 Å². The molecule has 0 atom stereocenters. The third-order valence-electron chi connectivity index (χ3n) is 2.83. The number of rotatable bonds is 5. The highest BCUT2D eigenvalue weighted by atomic mass is 79.9. The van der Waals surface area contributed by atoms with E-state index >= 15 is 0 Å². The van der Waals surface area contributed by atoms with E-state index in [9.17, 15) is 9.59 Å². The van der Waals surface area contributed by atoms with Crippen LogP contribution in [0.1, 0.15) is 16.8 Å². The maximum absolute atomic E-state index is 11.9. The van der Waals surface area contributed by atoms with Crippen LogP contribution >= 0.6 is 27.5 Å². The van der Waals surface area contributed by atoms with Crippen LogP contribution in [-0.2, 0) is 4.79 Å². The minimum Gasteiger partial charge on any atom is -0.493 e. The predicted octanol–water partition coefficient (Wildman–Crippen LogP) is 3.33. The summed E-state index contributed by atoms with van der Waals surface area (Å²) in [7, 11) is 0. The lowest BCUT2D eigenvalue weighted by Crippen LogP contribution is -2.42. The molecule has 2 aromatic carbocycles. The summed E-state index contributed by atoms with van der Waals surface area (Å²) in [4.78, 5) is 23.5. The van der Waals surface area contributed by atoms with E-state index in [0.717, 1.165) is 4.47 Å². The van der Waals surface area contributed by atoms with Crippen molar-refractivity contribution in [3.63, 3.8) is 0 Å². The summed E-state index contributed by atoms with van der Waals surface area (Å²) in [5.41, 5.74) is 4.92. The first kappa shape index (κ1) is 17.3. The number of amides is 2. The van der Waals surface area contributed by atoms with Crippen molar-refractivity contribution in [2.45, 2.75) is 6.42 Å². The molecule has 0 spiro atoms. The Kier molecular flexibility index (Phi) is 6.43. The topological polar surface area (TPSA) is 67.4 Å². The monoisotopic (exact) mass is 396 g/mol. The average Bonchev–Trinajstić information content (AvgIpc) is 2.53. The molecule has 0 radical (unpaired) electrons. The standard InChI is InChI=1S/C16H14BrClN2O3/c17-11-4-3-5-12(10-11)23-9-8-15(21)19-20-16(22)13-6-1-2-7-14(13)18/h1-7,10H,8-9H2,(H,19,21)(H,20,22). The summed E-state index contributed by atoms with van der Waals surface area (Å²) in [6.45, 7) is 0.199. The average molecular weight is 398 g/mol. The number of carbonyl (C=O) groups excluding carboxylic acids is 2. The molecule has 2 N–H and O–H groups in total. The predicted molar refractivity (Wildman–Crippen MR) is 91.3 cm³/mol. The van der Waals surface area contributed by atoms with Gasteiger partial charge in [0, 0.05) is 4.47 Å². The van der Waals surface area contributed by atoms with Gasteiger partial charge in [-0.3, -0.25) is 20.4 Å². The van der Waals surface area contributed by atoms with E-state index in [0.29, 0.717) is 16.3 Å². The van der Waals surface area contributed by atoms with Crippen molar-refractivity contribution in [3.8, 4) is 5.75 Å². The molecular formula is C16H14BrClN2O3. The van der Waals surface area contributed by atoms with E-state index in [1.807, 2.05) is 12.1 Å². The number of hydrogen-bond donors (Lipinski definition) is 2. The molecule has 0 aliphatic heterocycles. The zero-order valence-corrected chi connectivity index (χ0v) is 14.4. The number of hydrazine groups is 1. The highest BCUT2D eigenvalue weighted by Crippen LogP contribution is 2.17. The van der Waals surface area contributed by atoms with Crippen molar-refractivity contribution in [2.75, 3.05) is 6.61 Å². The molecule has 0 saturated carbocycles. The van der Waals surface area contributed by atoms with E-state index in [-0.39, 0.29) is 18.9 Å². The second-order valence-electron chi connectivity index (χ2n) is 4.54. The van der Waals surface area contributed by atoms with Gasteiger partial charge in [0.15, 0.2) is 0 Å². The van der Waals surface area contributed by atoms with Crippen LogP contribution in [0.25, 0.3) is 0 Å². The third kappa shape index (κ3) is 5.58. The van der Waals surface area contributed by atoms with Crippen molar-refractivity contribution in [1.82, 2.24) is 10.9 Å². The minimum absolute atomic E-state index is 0.106. The Labute approximate surface area is 147 Å². The number of halogens is 2. The highest BCUT2D eigenvalue weighted by Gasteiger charge is 2.10. The molecule has 120 valence electrons. The molecule has 0 aliphatic carbocycles. The lowest BCUT2D eigenvalue weighted by molar-refractivity contribution is -0.122. The minimum atomic E-state index is -0.475. The summed E-state index contributed by atoms with van der Waals surface area (Å²) in [5, 5.41) is 0.317. The van der Waals surface area contributed by atoms with Gasteiger partial charge in [0.05, 0.1) is 23.6 Å². The first-order valence-electron chi connectivity index (χ1n) is 6.78. The van der Waals surface area contributed by atoms with Crippen LogP contribution in [0.4, 0.5) is 0 Å². The van der Waals surface area contributed by atoms with Crippen LogP contribution in [0.15, 0.2) is 53.0 Å². The Hall–Kier alpha value is -2.05. The zero-order chi connectivity index (χ0) is 16.7. The fourth-order valence-electron chi connectivity index (χ4n) is 1.72. The van der Waals surface area contributed by atoms with E-state index < -0.39 is 5.91 Å². The van der Waals surface area contributed by atoms with E-state index in [1.165, 1.54) is 0 Å². The Bertz CT molecular complexity index is 709. The fraction of sp³-hybridized carbons (Fsp3) is 0.125. The van der Waals surface area contributed by atoms with Gasteiger partial charge in [0.1, 0.15) is 5.75 Å². The zero-order valence-electron chi connectivity index (χ0n) is 12.0. The fourth-order valence-corrected chi connectivity index (χ4v) is 2.32. The number of carbonyl (C=O) groups is 2. The van der Waals surface area contributed by atoms with Crippen LogP contribution in [-0.4, -0.2) is 18.4 Å². The van der Waals surface area contributed by atoms with E-state index in [2.05, 4.69) is 26.8 Å². The molecule has 23 heavy (non-hydrogen) atoms. The lowest BCUT2D eigenvalue weighted by Gasteiger charge is -2.09. The van der Waals surface area contributed by atoms with Crippen molar-refractivity contribution >= 4 is 39.3 Å². The van der Waals surface area contributed by atoms with Crippen LogP contribution in [0.5, 0.6) is 5.75 Å². The maximum Gasteiger partial charge on any atom is 0.271 e. The smallest absolute Gasteiger partial charge is 0.271 e. The SMILES string of the molecule is O=C(CCOc1cccc(Br)c1)NNC(=O)c1ccccc1Cl. The van der Waals surface area contributed by atoms with Crippen LogP contribution < -0.4 is 15.6 Å². The molecule has 0 heterocycles. The second kappa shape index (κ2) is 8.55. The summed E-state index contributed by atoms with van der Waals surface area (Å²) in [5.74, 6) is -0.176. The highest BCUT2D eigenvalue weighted by molar-refractivity contribution is 9.10. The summed E-state index contributed by atoms with van der Waals surface area (Å²) in [6, 6.07) is 13.9. The van der Waals surface area contributed by atoms with Gasteiger partial charge in [-0.2, -0.15) is 0 Å².